The van der Waals surface area contributed by atoms with Gasteiger partial charge in [-0.2, -0.15) is 0 Å². The lowest BCUT2D eigenvalue weighted by atomic mass is 10.1. The molecule has 0 aliphatic carbocycles. The highest BCUT2D eigenvalue weighted by molar-refractivity contribution is 9.10. The predicted molar refractivity (Wildman–Crippen MR) is 138 cm³/mol. The van der Waals surface area contributed by atoms with Crippen molar-refractivity contribution in [1.82, 2.24) is 4.90 Å². The number of para-hydroxylation sites is 1. The number of halogens is 1. The minimum Gasteiger partial charge on any atom is -0.493 e. The van der Waals surface area contributed by atoms with Crippen LogP contribution in [0.2, 0.25) is 0 Å². The number of methoxy groups -OCH3 is 1. The van der Waals surface area contributed by atoms with E-state index in [2.05, 4.69) is 35.0 Å². The second-order valence-electron chi connectivity index (χ2n) is 7.66. The van der Waals surface area contributed by atoms with Crippen LogP contribution in [0.5, 0.6) is 11.5 Å². The summed E-state index contributed by atoms with van der Waals surface area (Å²) in [5, 5.41) is 0.432. The maximum absolute atomic E-state index is 13.2. The van der Waals surface area contributed by atoms with Gasteiger partial charge in [-0.15, -0.1) is 0 Å². The van der Waals surface area contributed by atoms with E-state index in [0.717, 1.165) is 21.3 Å². The van der Waals surface area contributed by atoms with Crippen molar-refractivity contribution in [3.63, 3.8) is 0 Å². The lowest BCUT2D eigenvalue weighted by molar-refractivity contribution is -0.114. The van der Waals surface area contributed by atoms with Gasteiger partial charge in [0.25, 0.3) is 5.91 Å². The molecule has 0 radical (unpaired) electrons. The van der Waals surface area contributed by atoms with Crippen LogP contribution >= 0.6 is 28.1 Å². The van der Waals surface area contributed by atoms with E-state index >= 15 is 0 Å². The molecule has 0 N–H and O–H groups in total. The van der Waals surface area contributed by atoms with Gasteiger partial charge in [-0.3, -0.25) is 9.69 Å². The number of nitrogens with zero attached hydrogens (tertiary/aromatic N) is 2. The van der Waals surface area contributed by atoms with E-state index in [-0.39, 0.29) is 5.91 Å². The number of hydrogen-bond acceptors (Lipinski definition) is 4. The summed E-state index contributed by atoms with van der Waals surface area (Å²) in [4.78, 5) is 16.4. The molecule has 1 fully saturated rings. The molecule has 1 aliphatic heterocycles. The van der Waals surface area contributed by atoms with Crippen LogP contribution in [-0.4, -0.2) is 30.1 Å². The first-order valence-electron chi connectivity index (χ1n) is 10.3. The molecule has 0 aromatic heterocycles. The minimum atomic E-state index is -0.177. The Morgan fingerprint density at radius 1 is 1.06 bits per heavy atom. The molecule has 0 unspecified atom stereocenters. The molecule has 0 bridgehead atoms. The number of anilines is 1. The number of carbonyl (C=O) groups is 1. The number of carbonyl (C=O) groups excluding carboxylic acids is 1. The minimum absolute atomic E-state index is 0.177. The molecule has 1 amide bonds. The van der Waals surface area contributed by atoms with Crippen LogP contribution in [-0.2, 0) is 11.4 Å². The monoisotopic (exact) mass is 522 g/mol. The Balaban J connectivity index is 1.61. The average Bonchev–Trinajstić information content (AvgIpc) is 3.02. The number of rotatable bonds is 6. The first-order valence-corrected chi connectivity index (χ1v) is 11.5. The zero-order valence-electron chi connectivity index (χ0n) is 18.5. The summed E-state index contributed by atoms with van der Waals surface area (Å²) < 4.78 is 12.4. The first kappa shape index (κ1) is 23.0. The molecule has 1 aliphatic rings. The highest BCUT2D eigenvalue weighted by atomic mass is 79.9. The Morgan fingerprint density at radius 2 is 1.76 bits per heavy atom. The summed E-state index contributed by atoms with van der Waals surface area (Å²) >= 11 is 9.13. The van der Waals surface area contributed by atoms with E-state index in [1.54, 1.807) is 25.1 Å². The van der Waals surface area contributed by atoms with Crippen LogP contribution in [0.1, 0.15) is 16.7 Å². The normalized spacial score (nSPS) is 14.8. The molecule has 5 nitrogen and oxygen atoms in total. The average molecular weight is 523 g/mol. The number of aryl methyl sites for hydroxylation is 1. The lowest BCUT2D eigenvalue weighted by Gasteiger charge is -2.16. The summed E-state index contributed by atoms with van der Waals surface area (Å²) in [6, 6.07) is 21.3. The molecule has 33 heavy (non-hydrogen) atoms. The Bertz CT molecular complexity index is 1230. The second kappa shape index (κ2) is 9.77. The summed E-state index contributed by atoms with van der Waals surface area (Å²) in [6.45, 7) is 2.47. The van der Waals surface area contributed by atoms with Gasteiger partial charge in [0.2, 0.25) is 0 Å². The molecule has 1 saturated heterocycles. The van der Waals surface area contributed by atoms with Crippen molar-refractivity contribution in [2.75, 3.05) is 19.1 Å². The van der Waals surface area contributed by atoms with Gasteiger partial charge in [0.15, 0.2) is 16.6 Å². The highest BCUT2D eigenvalue weighted by Crippen LogP contribution is 2.38. The van der Waals surface area contributed by atoms with E-state index in [1.165, 1.54) is 10.5 Å². The van der Waals surface area contributed by atoms with Crippen molar-refractivity contribution < 1.29 is 14.3 Å². The predicted octanol–water partition coefficient (Wildman–Crippen LogP) is 5.95. The molecule has 168 valence electrons. The van der Waals surface area contributed by atoms with Crippen LogP contribution in [0.4, 0.5) is 5.69 Å². The zero-order chi connectivity index (χ0) is 23.5. The van der Waals surface area contributed by atoms with Crippen molar-refractivity contribution in [1.29, 1.82) is 0 Å². The quantitative estimate of drug-likeness (QED) is 0.295. The van der Waals surface area contributed by atoms with Gasteiger partial charge in [-0.25, -0.2) is 0 Å². The third-order valence-electron chi connectivity index (χ3n) is 5.34. The van der Waals surface area contributed by atoms with Crippen molar-refractivity contribution in [2.45, 2.75) is 13.5 Å². The number of likely N-dealkylation sites (N-methyl/N-ethyl adjacent to an activating group) is 1. The second-order valence-corrected chi connectivity index (χ2v) is 8.88. The van der Waals surface area contributed by atoms with Crippen molar-refractivity contribution in [3.05, 3.63) is 93.6 Å². The fraction of sp³-hybridized carbons (Fsp3) is 0.154. The molecule has 0 atom stereocenters. The van der Waals surface area contributed by atoms with Gasteiger partial charge in [-0.05, 0) is 76.5 Å². The van der Waals surface area contributed by atoms with Gasteiger partial charge in [-0.1, -0.05) is 48.0 Å². The van der Waals surface area contributed by atoms with Crippen molar-refractivity contribution in [3.8, 4) is 11.5 Å². The maximum atomic E-state index is 13.2. The molecule has 1 heterocycles. The van der Waals surface area contributed by atoms with Gasteiger partial charge >= 0.3 is 0 Å². The van der Waals surface area contributed by atoms with E-state index < -0.39 is 0 Å². The Hall–Kier alpha value is -3.16. The fourth-order valence-electron chi connectivity index (χ4n) is 3.52. The fourth-order valence-corrected chi connectivity index (χ4v) is 4.38. The van der Waals surface area contributed by atoms with Crippen LogP contribution in [0, 0.1) is 6.92 Å². The van der Waals surface area contributed by atoms with E-state index in [9.17, 15) is 4.79 Å². The van der Waals surface area contributed by atoms with Gasteiger partial charge in [0, 0.05) is 7.05 Å². The smallest absolute Gasteiger partial charge is 0.281 e. The Kier molecular flexibility index (Phi) is 6.81. The van der Waals surface area contributed by atoms with Crippen molar-refractivity contribution >= 4 is 50.9 Å². The Labute approximate surface area is 207 Å². The summed E-state index contributed by atoms with van der Waals surface area (Å²) in [7, 11) is 3.39. The van der Waals surface area contributed by atoms with Gasteiger partial charge < -0.3 is 14.4 Å². The summed E-state index contributed by atoms with van der Waals surface area (Å²) in [5.41, 5.74) is 4.27. The molecule has 3 aromatic carbocycles. The highest BCUT2D eigenvalue weighted by Gasteiger charge is 2.36. The third-order valence-corrected chi connectivity index (χ3v) is 6.38. The first-order chi connectivity index (χ1) is 15.9. The van der Waals surface area contributed by atoms with Crippen LogP contribution in [0.25, 0.3) is 6.08 Å². The number of thiocarbonyl (C=S) groups is 1. The number of ether oxygens (including phenoxy) is 2. The topological polar surface area (TPSA) is 42.0 Å². The molecular weight excluding hydrogens is 500 g/mol. The molecule has 4 rings (SSSR count). The Morgan fingerprint density at radius 3 is 2.42 bits per heavy atom. The lowest BCUT2D eigenvalue weighted by Crippen LogP contribution is -2.30. The van der Waals surface area contributed by atoms with Crippen LogP contribution < -0.4 is 14.4 Å². The molecular formula is C26H23BrN2O3S. The maximum Gasteiger partial charge on any atom is 0.281 e. The zero-order valence-corrected chi connectivity index (χ0v) is 20.9. The van der Waals surface area contributed by atoms with E-state index in [4.69, 9.17) is 21.7 Å². The van der Waals surface area contributed by atoms with E-state index in [0.29, 0.717) is 28.9 Å². The summed E-state index contributed by atoms with van der Waals surface area (Å²) in [5.74, 6) is 0.996. The van der Waals surface area contributed by atoms with Crippen LogP contribution in [0.15, 0.2) is 76.9 Å². The summed E-state index contributed by atoms with van der Waals surface area (Å²) in [6.07, 6.45) is 1.80. The molecule has 0 saturated carbocycles. The molecule has 0 spiro atoms. The van der Waals surface area contributed by atoms with Gasteiger partial charge in [0.1, 0.15) is 12.3 Å². The number of benzene rings is 3. The largest absolute Gasteiger partial charge is 0.493 e. The number of hydrogen-bond donors (Lipinski definition) is 0. The molecule has 7 heteroatoms. The van der Waals surface area contributed by atoms with Gasteiger partial charge in [0.05, 0.1) is 17.3 Å². The van der Waals surface area contributed by atoms with Crippen molar-refractivity contribution in [2.24, 2.45) is 0 Å². The standard InChI is InChI=1S/C26H23BrN2O3S/c1-17-9-11-18(12-10-17)16-32-24-21(27)13-19(15-23(24)31-3)14-22-25(30)29(26(33)28(22)2)20-7-5-4-6-8-20/h4-15H,16H2,1-3H3/b22-14-. The van der Waals surface area contributed by atoms with E-state index in [1.807, 2.05) is 54.6 Å². The third kappa shape index (κ3) is 4.79. The SMILES string of the molecule is COc1cc(/C=C2/C(=O)N(c3ccccc3)C(=S)N2C)cc(Br)c1OCc1ccc(C)cc1. The number of amides is 1. The van der Waals surface area contributed by atoms with Crippen LogP contribution in [0.3, 0.4) is 0 Å². The molecule has 3 aromatic rings.